The zero-order valence-electron chi connectivity index (χ0n) is 13.8. The van der Waals surface area contributed by atoms with Gasteiger partial charge in [0.15, 0.2) is 6.10 Å². The maximum absolute atomic E-state index is 12.8. The first-order chi connectivity index (χ1) is 11.5. The Morgan fingerprint density at radius 1 is 1.17 bits per heavy atom. The van der Waals surface area contributed by atoms with Gasteiger partial charge in [-0.05, 0) is 37.1 Å². The van der Waals surface area contributed by atoms with Crippen molar-refractivity contribution in [2.75, 3.05) is 18.1 Å². The molecule has 5 heteroatoms. The second-order valence-electron chi connectivity index (χ2n) is 6.11. The monoisotopic (exact) mass is 327 g/mol. The molecule has 126 valence electrons. The SMILES string of the molecule is Cc1ccc(CC2Oc3ccc(O)cc3N(CCO)C2=O)c(C)c1. The number of phenols is 1. The van der Waals surface area contributed by atoms with Crippen LogP contribution in [0.5, 0.6) is 11.5 Å². The fourth-order valence-electron chi connectivity index (χ4n) is 3.05. The molecule has 0 bridgehead atoms. The maximum Gasteiger partial charge on any atom is 0.268 e. The maximum atomic E-state index is 12.8. The highest BCUT2D eigenvalue weighted by Gasteiger charge is 2.34. The molecule has 1 aliphatic rings. The average Bonchev–Trinajstić information content (AvgIpc) is 2.54. The molecule has 1 amide bonds. The Balaban J connectivity index is 1.92. The topological polar surface area (TPSA) is 70.0 Å². The van der Waals surface area contributed by atoms with E-state index < -0.39 is 6.10 Å². The number of aromatic hydroxyl groups is 1. The number of β-amino-alcohol motifs (C(OH)–C–C–N with tert-alkyl or cyclic N) is 1. The molecule has 1 atom stereocenters. The molecule has 0 saturated carbocycles. The predicted octanol–water partition coefficient (Wildman–Crippen LogP) is 2.34. The van der Waals surface area contributed by atoms with E-state index in [0.717, 1.165) is 11.1 Å². The summed E-state index contributed by atoms with van der Waals surface area (Å²) < 4.78 is 5.88. The van der Waals surface area contributed by atoms with Crippen molar-refractivity contribution in [3.8, 4) is 11.5 Å². The number of anilines is 1. The number of carbonyl (C=O) groups is 1. The predicted molar refractivity (Wildman–Crippen MR) is 91.6 cm³/mol. The molecule has 0 saturated heterocycles. The normalized spacial score (nSPS) is 16.7. The number of phenolic OH excluding ortho intramolecular Hbond substituents is 1. The first kappa shape index (κ1) is 16.3. The molecule has 0 radical (unpaired) electrons. The van der Waals surface area contributed by atoms with Crippen LogP contribution in [-0.4, -0.2) is 35.4 Å². The lowest BCUT2D eigenvalue weighted by Gasteiger charge is -2.34. The van der Waals surface area contributed by atoms with E-state index in [4.69, 9.17) is 4.74 Å². The van der Waals surface area contributed by atoms with Gasteiger partial charge in [-0.1, -0.05) is 23.8 Å². The lowest BCUT2D eigenvalue weighted by molar-refractivity contribution is -0.126. The highest BCUT2D eigenvalue weighted by Crippen LogP contribution is 2.37. The lowest BCUT2D eigenvalue weighted by atomic mass is 9.99. The number of hydrogen-bond donors (Lipinski definition) is 2. The van der Waals surface area contributed by atoms with Gasteiger partial charge in [-0.25, -0.2) is 0 Å². The van der Waals surface area contributed by atoms with Crippen molar-refractivity contribution < 1.29 is 19.7 Å². The summed E-state index contributed by atoms with van der Waals surface area (Å²) in [4.78, 5) is 14.3. The fraction of sp³-hybridized carbons (Fsp3) is 0.316. The van der Waals surface area contributed by atoms with Gasteiger partial charge in [0, 0.05) is 19.0 Å². The number of rotatable bonds is 4. The number of benzene rings is 2. The molecule has 0 aromatic heterocycles. The lowest BCUT2D eigenvalue weighted by Crippen LogP contribution is -2.48. The van der Waals surface area contributed by atoms with Crippen molar-refractivity contribution in [2.45, 2.75) is 26.4 Å². The summed E-state index contributed by atoms with van der Waals surface area (Å²) in [5, 5.41) is 19.0. The third-order valence-corrected chi connectivity index (χ3v) is 4.27. The molecule has 1 aliphatic heterocycles. The number of fused-ring (bicyclic) bond motifs is 1. The van der Waals surface area contributed by atoms with Gasteiger partial charge in [0.2, 0.25) is 0 Å². The van der Waals surface area contributed by atoms with Crippen LogP contribution in [0.1, 0.15) is 16.7 Å². The van der Waals surface area contributed by atoms with Crippen molar-refractivity contribution in [3.05, 3.63) is 53.1 Å². The number of carbonyl (C=O) groups excluding carboxylic acids is 1. The van der Waals surface area contributed by atoms with Gasteiger partial charge in [-0.3, -0.25) is 4.79 Å². The van der Waals surface area contributed by atoms with E-state index in [1.54, 1.807) is 6.07 Å². The Labute approximate surface area is 141 Å². The van der Waals surface area contributed by atoms with E-state index >= 15 is 0 Å². The quantitative estimate of drug-likeness (QED) is 0.904. The summed E-state index contributed by atoms with van der Waals surface area (Å²) in [6, 6.07) is 10.8. The fourth-order valence-corrected chi connectivity index (χ4v) is 3.05. The first-order valence-corrected chi connectivity index (χ1v) is 7.97. The standard InChI is InChI=1S/C19H21NO4/c1-12-3-4-14(13(2)9-12)10-18-19(23)20(7-8-21)16-11-15(22)5-6-17(16)24-18/h3-6,9,11,18,21-22H,7-8,10H2,1-2H3. The third-order valence-electron chi connectivity index (χ3n) is 4.27. The molecular formula is C19H21NO4. The first-order valence-electron chi connectivity index (χ1n) is 7.97. The number of aliphatic hydroxyl groups excluding tert-OH is 1. The number of aliphatic hydroxyl groups is 1. The van der Waals surface area contributed by atoms with Crippen LogP contribution in [0.3, 0.4) is 0 Å². The van der Waals surface area contributed by atoms with Crippen LogP contribution < -0.4 is 9.64 Å². The highest BCUT2D eigenvalue weighted by molar-refractivity contribution is 6.00. The van der Waals surface area contributed by atoms with E-state index in [1.165, 1.54) is 22.6 Å². The van der Waals surface area contributed by atoms with Crippen LogP contribution in [0.4, 0.5) is 5.69 Å². The smallest absolute Gasteiger partial charge is 0.268 e. The second-order valence-corrected chi connectivity index (χ2v) is 6.11. The van der Waals surface area contributed by atoms with Crippen LogP contribution in [0.15, 0.2) is 36.4 Å². The summed E-state index contributed by atoms with van der Waals surface area (Å²) >= 11 is 0. The second kappa shape index (κ2) is 6.53. The Kier molecular flexibility index (Phi) is 4.44. The molecule has 5 nitrogen and oxygen atoms in total. The van der Waals surface area contributed by atoms with Gasteiger partial charge in [0.05, 0.1) is 12.3 Å². The van der Waals surface area contributed by atoms with Crippen LogP contribution in [-0.2, 0) is 11.2 Å². The van der Waals surface area contributed by atoms with E-state index in [1.807, 2.05) is 26.0 Å². The Bertz CT molecular complexity index is 772. The van der Waals surface area contributed by atoms with Gasteiger partial charge in [-0.2, -0.15) is 0 Å². The molecule has 2 N–H and O–H groups in total. The molecular weight excluding hydrogens is 306 g/mol. The van der Waals surface area contributed by atoms with Gasteiger partial charge in [0.25, 0.3) is 5.91 Å². The van der Waals surface area contributed by atoms with Crippen LogP contribution in [0, 0.1) is 13.8 Å². The van der Waals surface area contributed by atoms with E-state index in [-0.39, 0.29) is 24.8 Å². The minimum absolute atomic E-state index is 0.0564. The number of ether oxygens (including phenoxy) is 1. The summed E-state index contributed by atoms with van der Waals surface area (Å²) in [5.74, 6) is 0.388. The van der Waals surface area contributed by atoms with E-state index in [0.29, 0.717) is 17.9 Å². The highest BCUT2D eigenvalue weighted by atomic mass is 16.5. The summed E-state index contributed by atoms with van der Waals surface area (Å²) in [6.45, 7) is 4.07. The Morgan fingerprint density at radius 2 is 1.96 bits per heavy atom. The van der Waals surface area contributed by atoms with Gasteiger partial charge < -0.3 is 19.8 Å². The van der Waals surface area contributed by atoms with Crippen LogP contribution in [0.25, 0.3) is 0 Å². The molecule has 24 heavy (non-hydrogen) atoms. The Hall–Kier alpha value is -2.53. The zero-order chi connectivity index (χ0) is 17.3. The van der Waals surface area contributed by atoms with Gasteiger partial charge in [0.1, 0.15) is 11.5 Å². The summed E-state index contributed by atoms with van der Waals surface area (Å²) in [5.41, 5.74) is 3.85. The van der Waals surface area contributed by atoms with Crippen molar-refractivity contribution in [1.29, 1.82) is 0 Å². The summed E-state index contributed by atoms with van der Waals surface area (Å²) in [7, 11) is 0. The van der Waals surface area contributed by atoms with Crippen LogP contribution in [0.2, 0.25) is 0 Å². The van der Waals surface area contributed by atoms with Crippen molar-refractivity contribution in [1.82, 2.24) is 0 Å². The minimum Gasteiger partial charge on any atom is -0.508 e. The molecule has 2 aromatic carbocycles. The Morgan fingerprint density at radius 3 is 2.67 bits per heavy atom. The van der Waals surface area contributed by atoms with Gasteiger partial charge in [-0.15, -0.1) is 0 Å². The molecule has 0 fully saturated rings. The molecule has 1 heterocycles. The molecule has 3 rings (SSSR count). The van der Waals surface area contributed by atoms with Gasteiger partial charge >= 0.3 is 0 Å². The summed E-state index contributed by atoms with van der Waals surface area (Å²) in [6.07, 6.45) is -0.178. The number of hydrogen-bond acceptors (Lipinski definition) is 4. The van der Waals surface area contributed by atoms with Crippen LogP contribution >= 0.6 is 0 Å². The average molecular weight is 327 g/mol. The third kappa shape index (κ3) is 3.08. The molecule has 0 spiro atoms. The number of aryl methyl sites for hydroxylation is 2. The number of nitrogens with zero attached hydrogens (tertiary/aromatic N) is 1. The van der Waals surface area contributed by atoms with Crippen molar-refractivity contribution in [2.24, 2.45) is 0 Å². The molecule has 0 aliphatic carbocycles. The van der Waals surface area contributed by atoms with E-state index in [2.05, 4.69) is 6.07 Å². The van der Waals surface area contributed by atoms with E-state index in [9.17, 15) is 15.0 Å². The minimum atomic E-state index is -0.644. The molecule has 2 aromatic rings. The molecule has 1 unspecified atom stereocenters. The largest absolute Gasteiger partial charge is 0.508 e. The zero-order valence-corrected chi connectivity index (χ0v) is 13.8. The van der Waals surface area contributed by atoms with Crippen molar-refractivity contribution in [3.63, 3.8) is 0 Å². The van der Waals surface area contributed by atoms with Crippen molar-refractivity contribution >= 4 is 11.6 Å². The number of amides is 1.